The summed E-state index contributed by atoms with van der Waals surface area (Å²) in [5.74, 6) is -1.39. The summed E-state index contributed by atoms with van der Waals surface area (Å²) in [5, 5.41) is 9.05. The Morgan fingerprint density at radius 2 is 1.96 bits per heavy atom. The maximum atomic E-state index is 12.8. The van der Waals surface area contributed by atoms with E-state index in [-0.39, 0.29) is 24.8 Å². The van der Waals surface area contributed by atoms with Crippen LogP contribution in [0.4, 0.5) is 0 Å². The van der Waals surface area contributed by atoms with Gasteiger partial charge in [0.05, 0.1) is 10.9 Å². The Kier molecular flexibility index (Phi) is 4.38. The first-order valence-corrected chi connectivity index (χ1v) is 8.88. The molecule has 9 nitrogen and oxygen atoms in total. The van der Waals surface area contributed by atoms with E-state index in [9.17, 15) is 22.8 Å². The van der Waals surface area contributed by atoms with Crippen LogP contribution < -0.4 is 11.2 Å². The lowest BCUT2D eigenvalue weighted by Crippen LogP contribution is -2.44. The summed E-state index contributed by atoms with van der Waals surface area (Å²) in [4.78, 5) is 39.8. The zero-order chi connectivity index (χ0) is 19.1. The van der Waals surface area contributed by atoms with Gasteiger partial charge in [-0.15, -0.1) is 3.97 Å². The quantitative estimate of drug-likeness (QED) is 0.682. The van der Waals surface area contributed by atoms with Crippen LogP contribution in [0.2, 0.25) is 5.02 Å². The molecule has 11 heteroatoms. The average molecular weight is 396 g/mol. The van der Waals surface area contributed by atoms with Crippen molar-refractivity contribution < 1.29 is 18.3 Å². The molecular weight excluding hydrogens is 386 g/mol. The topological polar surface area (TPSA) is 128 Å². The third kappa shape index (κ3) is 2.89. The highest BCUT2D eigenvalue weighted by molar-refractivity contribution is 7.89. The predicted molar refractivity (Wildman–Crippen MR) is 91.9 cm³/mol. The number of aliphatic carboxylic acids is 1. The molecule has 0 radical (unpaired) electrons. The fraction of sp³-hybridized carbons (Fsp3) is 0.0667. The second kappa shape index (κ2) is 6.39. The molecule has 1 aromatic carbocycles. The van der Waals surface area contributed by atoms with Crippen molar-refractivity contribution in [3.05, 3.63) is 68.6 Å². The molecule has 0 unspecified atom stereocenters. The molecule has 26 heavy (non-hydrogen) atoms. The smallest absolute Gasteiger partial charge is 0.346 e. The molecule has 0 aliphatic rings. The predicted octanol–water partition coefficient (Wildman–Crippen LogP) is 0.533. The van der Waals surface area contributed by atoms with Gasteiger partial charge in [-0.2, -0.15) is 0 Å². The number of carboxylic acid groups (broad SMARTS) is 1. The van der Waals surface area contributed by atoms with Gasteiger partial charge in [-0.1, -0.05) is 11.6 Å². The highest BCUT2D eigenvalue weighted by Gasteiger charge is 2.26. The van der Waals surface area contributed by atoms with E-state index in [0.29, 0.717) is 4.57 Å². The lowest BCUT2D eigenvalue weighted by molar-refractivity contribution is -0.137. The Bertz CT molecular complexity index is 1250. The minimum Gasteiger partial charge on any atom is -0.480 e. The van der Waals surface area contributed by atoms with Gasteiger partial charge in [0.25, 0.3) is 15.6 Å². The number of carboxylic acids is 1. The van der Waals surface area contributed by atoms with Gasteiger partial charge >= 0.3 is 11.7 Å². The number of hydrogen-bond acceptors (Lipinski definition) is 6. The van der Waals surface area contributed by atoms with Crippen LogP contribution in [-0.2, 0) is 21.4 Å². The Morgan fingerprint density at radius 3 is 2.58 bits per heavy atom. The van der Waals surface area contributed by atoms with Gasteiger partial charge in [-0.3, -0.25) is 19.1 Å². The molecular formula is C15H10ClN3O6S. The fourth-order valence-corrected chi connectivity index (χ4v) is 3.87. The Balaban J connectivity index is 2.48. The van der Waals surface area contributed by atoms with E-state index in [4.69, 9.17) is 16.7 Å². The molecule has 134 valence electrons. The summed E-state index contributed by atoms with van der Waals surface area (Å²) in [6.07, 6.45) is 2.31. The molecule has 0 fully saturated rings. The van der Waals surface area contributed by atoms with E-state index in [2.05, 4.69) is 4.98 Å². The first-order chi connectivity index (χ1) is 12.2. The van der Waals surface area contributed by atoms with Gasteiger partial charge in [-0.05, 0) is 30.3 Å². The van der Waals surface area contributed by atoms with Crippen molar-refractivity contribution in [1.29, 1.82) is 0 Å². The molecule has 0 saturated heterocycles. The molecule has 3 rings (SSSR count). The summed E-state index contributed by atoms with van der Waals surface area (Å²) < 4.78 is 26.2. The Morgan fingerprint density at radius 1 is 1.23 bits per heavy atom. The normalized spacial score (nSPS) is 11.6. The summed E-state index contributed by atoms with van der Waals surface area (Å²) in [5.41, 5.74) is -2.49. The molecule has 0 saturated carbocycles. The van der Waals surface area contributed by atoms with Crippen molar-refractivity contribution in [3.63, 3.8) is 0 Å². The molecule has 0 aliphatic heterocycles. The monoisotopic (exact) mass is 395 g/mol. The van der Waals surface area contributed by atoms with Crippen molar-refractivity contribution in [2.24, 2.45) is 0 Å². The highest BCUT2D eigenvalue weighted by atomic mass is 35.5. The molecule has 2 heterocycles. The van der Waals surface area contributed by atoms with E-state index >= 15 is 0 Å². The summed E-state index contributed by atoms with van der Waals surface area (Å²) in [6, 6.07) is 6.29. The van der Waals surface area contributed by atoms with Crippen LogP contribution in [0.25, 0.3) is 10.9 Å². The van der Waals surface area contributed by atoms with E-state index in [1.807, 2.05) is 0 Å². The fourth-order valence-electron chi connectivity index (χ4n) is 2.42. The van der Waals surface area contributed by atoms with Gasteiger partial charge in [-0.25, -0.2) is 13.2 Å². The minimum atomic E-state index is -4.58. The summed E-state index contributed by atoms with van der Waals surface area (Å²) in [6.45, 7) is -0.849. The molecule has 0 aliphatic carbocycles. The largest absolute Gasteiger partial charge is 0.480 e. The number of carbonyl (C=O) groups is 1. The maximum Gasteiger partial charge on any atom is 0.346 e. The van der Waals surface area contributed by atoms with Gasteiger partial charge in [0, 0.05) is 17.4 Å². The van der Waals surface area contributed by atoms with Crippen molar-refractivity contribution in [2.45, 2.75) is 11.4 Å². The molecule has 0 bridgehead atoms. The van der Waals surface area contributed by atoms with Crippen molar-refractivity contribution >= 4 is 38.5 Å². The van der Waals surface area contributed by atoms with E-state index in [0.717, 1.165) is 6.20 Å². The zero-order valence-corrected chi connectivity index (χ0v) is 14.4. The van der Waals surface area contributed by atoms with E-state index in [1.165, 1.54) is 36.5 Å². The molecule has 2 aromatic heterocycles. The number of rotatable bonds is 4. The highest BCUT2D eigenvalue weighted by Crippen LogP contribution is 2.17. The Hall–Kier alpha value is -2.98. The van der Waals surface area contributed by atoms with Crippen LogP contribution in [0.1, 0.15) is 0 Å². The van der Waals surface area contributed by atoms with Gasteiger partial charge in [0.1, 0.15) is 11.4 Å². The third-order valence-corrected chi connectivity index (χ3v) is 5.41. The van der Waals surface area contributed by atoms with Crippen LogP contribution in [0.15, 0.2) is 57.2 Å². The number of aromatic nitrogens is 3. The first kappa shape index (κ1) is 17.8. The molecule has 1 N–H and O–H groups in total. The number of hydrogen-bond donors (Lipinski definition) is 1. The standard InChI is InChI=1S/C15H10ClN3O6S/c16-9-3-4-11-12(6-9)18(8-13(20)21)15(23)19(14(11)22)26(24,25)10-2-1-5-17-7-10/h1-7H,8H2,(H,20,21). The van der Waals surface area contributed by atoms with E-state index < -0.39 is 33.8 Å². The van der Waals surface area contributed by atoms with Crippen molar-refractivity contribution in [2.75, 3.05) is 0 Å². The van der Waals surface area contributed by atoms with Gasteiger partial charge < -0.3 is 5.11 Å². The SMILES string of the molecule is O=C(O)Cn1c(=O)n(S(=O)(=O)c2cccnc2)c(=O)c2ccc(Cl)cc21. The lowest BCUT2D eigenvalue weighted by atomic mass is 10.2. The molecule has 0 amide bonds. The number of fused-ring (bicyclic) bond motifs is 1. The van der Waals surface area contributed by atoms with E-state index in [1.54, 1.807) is 0 Å². The minimum absolute atomic E-state index is 0.0309. The number of pyridine rings is 1. The van der Waals surface area contributed by atoms with Gasteiger partial charge in [0.2, 0.25) is 0 Å². The van der Waals surface area contributed by atoms with Gasteiger partial charge in [0.15, 0.2) is 0 Å². The second-order valence-electron chi connectivity index (χ2n) is 5.19. The van der Waals surface area contributed by atoms with Crippen LogP contribution in [0.5, 0.6) is 0 Å². The second-order valence-corrected chi connectivity index (χ2v) is 7.41. The van der Waals surface area contributed by atoms with Crippen LogP contribution in [0, 0.1) is 0 Å². The first-order valence-electron chi connectivity index (χ1n) is 7.06. The average Bonchev–Trinajstić information content (AvgIpc) is 2.59. The molecule has 0 atom stereocenters. The van der Waals surface area contributed by atoms with Crippen molar-refractivity contribution in [3.8, 4) is 0 Å². The molecule has 0 spiro atoms. The van der Waals surface area contributed by atoms with Crippen LogP contribution in [0.3, 0.4) is 0 Å². The number of halogens is 1. The van der Waals surface area contributed by atoms with Crippen molar-refractivity contribution in [1.82, 2.24) is 13.5 Å². The number of nitrogens with zero attached hydrogens (tertiary/aromatic N) is 3. The molecule has 3 aromatic rings. The summed E-state index contributed by atoms with van der Waals surface area (Å²) in [7, 11) is -4.58. The summed E-state index contributed by atoms with van der Waals surface area (Å²) >= 11 is 5.86. The zero-order valence-electron chi connectivity index (χ0n) is 12.9. The lowest BCUT2D eigenvalue weighted by Gasteiger charge is -2.13. The van der Waals surface area contributed by atoms with Crippen LogP contribution >= 0.6 is 11.6 Å². The third-order valence-electron chi connectivity index (χ3n) is 3.54. The maximum absolute atomic E-state index is 12.8. The Labute approximate surface area is 150 Å². The number of benzene rings is 1. The van der Waals surface area contributed by atoms with Crippen LogP contribution in [-0.4, -0.2) is 33.0 Å².